The van der Waals surface area contributed by atoms with Crippen LogP contribution in [0.3, 0.4) is 0 Å². The zero-order valence-electron chi connectivity index (χ0n) is 15.2. The van der Waals surface area contributed by atoms with Crippen molar-refractivity contribution in [3.05, 3.63) is 63.5 Å². The molecule has 1 aromatic heterocycles. The fraction of sp³-hybridized carbons (Fsp3) is 0.200. The summed E-state index contributed by atoms with van der Waals surface area (Å²) in [7, 11) is 1.62. The van der Waals surface area contributed by atoms with E-state index >= 15 is 0 Å². The summed E-state index contributed by atoms with van der Waals surface area (Å²) in [5.74, 6) is 0.923. The molecule has 134 valence electrons. The Bertz CT molecular complexity index is 962. The third kappa shape index (κ3) is 3.55. The van der Waals surface area contributed by atoms with Gasteiger partial charge in [0.2, 0.25) is 5.78 Å². The molecule has 5 nitrogen and oxygen atoms in total. The SMILES string of the molecule is COc1ccc(Nc2nc(N)c(C(=O)c3cc(C)c(C)cc3C)s2)cc1. The number of nitrogen functional groups attached to an aromatic ring is 1. The quantitative estimate of drug-likeness (QED) is 0.643. The van der Waals surface area contributed by atoms with E-state index in [2.05, 4.69) is 10.3 Å². The number of nitrogens with two attached hydrogens (primary N) is 1. The number of anilines is 3. The van der Waals surface area contributed by atoms with Gasteiger partial charge in [-0.15, -0.1) is 0 Å². The topological polar surface area (TPSA) is 77.2 Å². The third-order valence-corrected chi connectivity index (χ3v) is 5.27. The highest BCUT2D eigenvalue weighted by Gasteiger charge is 2.20. The summed E-state index contributed by atoms with van der Waals surface area (Å²) in [6.07, 6.45) is 0. The van der Waals surface area contributed by atoms with Gasteiger partial charge >= 0.3 is 0 Å². The second kappa shape index (κ2) is 7.17. The molecule has 0 atom stereocenters. The van der Waals surface area contributed by atoms with Crippen LogP contribution in [0.1, 0.15) is 31.9 Å². The van der Waals surface area contributed by atoms with E-state index in [4.69, 9.17) is 10.5 Å². The number of carbonyl (C=O) groups excluding carboxylic acids is 1. The van der Waals surface area contributed by atoms with E-state index in [-0.39, 0.29) is 11.6 Å². The second-order valence-corrected chi connectivity index (χ2v) is 7.17. The van der Waals surface area contributed by atoms with Crippen molar-refractivity contribution >= 4 is 33.8 Å². The van der Waals surface area contributed by atoms with Crippen LogP contribution in [0.4, 0.5) is 16.6 Å². The highest BCUT2D eigenvalue weighted by molar-refractivity contribution is 7.18. The average molecular weight is 367 g/mol. The first-order valence-corrected chi connectivity index (χ1v) is 9.00. The molecule has 3 rings (SSSR count). The lowest BCUT2D eigenvalue weighted by molar-refractivity contribution is 0.104. The molecule has 3 N–H and O–H groups in total. The monoisotopic (exact) mass is 367 g/mol. The number of ketones is 1. The number of aryl methyl sites for hydroxylation is 3. The molecule has 0 amide bonds. The third-order valence-electron chi connectivity index (χ3n) is 4.29. The van der Waals surface area contributed by atoms with Crippen molar-refractivity contribution in [2.24, 2.45) is 0 Å². The first kappa shape index (κ1) is 17.9. The Morgan fingerprint density at radius 1 is 1.08 bits per heavy atom. The Balaban J connectivity index is 1.87. The molecule has 0 fully saturated rings. The highest BCUT2D eigenvalue weighted by Crippen LogP contribution is 2.31. The first-order valence-electron chi connectivity index (χ1n) is 8.19. The molecule has 6 heteroatoms. The average Bonchev–Trinajstić information content (AvgIpc) is 2.98. The Morgan fingerprint density at radius 2 is 1.73 bits per heavy atom. The van der Waals surface area contributed by atoms with Crippen molar-refractivity contribution in [3.8, 4) is 5.75 Å². The predicted molar refractivity (Wildman–Crippen MR) is 107 cm³/mol. The van der Waals surface area contributed by atoms with E-state index in [1.54, 1.807) is 7.11 Å². The molecule has 26 heavy (non-hydrogen) atoms. The fourth-order valence-electron chi connectivity index (χ4n) is 2.67. The van der Waals surface area contributed by atoms with Crippen LogP contribution in [0.25, 0.3) is 0 Å². The largest absolute Gasteiger partial charge is 0.497 e. The maximum absolute atomic E-state index is 12.9. The van der Waals surface area contributed by atoms with Crippen LogP contribution in [0.5, 0.6) is 5.75 Å². The van der Waals surface area contributed by atoms with Gasteiger partial charge in [-0.1, -0.05) is 17.4 Å². The molecule has 3 aromatic rings. The molecule has 1 heterocycles. The van der Waals surface area contributed by atoms with E-state index in [9.17, 15) is 4.79 Å². The number of nitrogens with zero attached hydrogens (tertiary/aromatic N) is 1. The van der Waals surface area contributed by atoms with E-state index in [1.165, 1.54) is 11.3 Å². The van der Waals surface area contributed by atoms with Gasteiger partial charge in [-0.05, 0) is 67.8 Å². The minimum Gasteiger partial charge on any atom is -0.497 e. The lowest BCUT2D eigenvalue weighted by Crippen LogP contribution is -2.05. The van der Waals surface area contributed by atoms with E-state index < -0.39 is 0 Å². The van der Waals surface area contributed by atoms with Crippen LogP contribution in [0.2, 0.25) is 0 Å². The van der Waals surface area contributed by atoms with Crippen molar-refractivity contribution in [3.63, 3.8) is 0 Å². The van der Waals surface area contributed by atoms with Gasteiger partial charge in [0.05, 0.1) is 7.11 Å². The molecule has 0 aliphatic rings. The first-order chi connectivity index (χ1) is 12.4. The summed E-state index contributed by atoms with van der Waals surface area (Å²) in [6.45, 7) is 5.97. The summed E-state index contributed by atoms with van der Waals surface area (Å²) in [4.78, 5) is 17.7. The lowest BCUT2D eigenvalue weighted by atomic mass is 9.97. The lowest BCUT2D eigenvalue weighted by Gasteiger charge is -2.08. The molecule has 0 saturated carbocycles. The van der Waals surface area contributed by atoms with Crippen LogP contribution < -0.4 is 15.8 Å². The Labute approximate surface area is 156 Å². The maximum atomic E-state index is 12.9. The maximum Gasteiger partial charge on any atom is 0.207 e. The summed E-state index contributed by atoms with van der Waals surface area (Å²) in [5, 5.41) is 3.76. The van der Waals surface area contributed by atoms with Gasteiger partial charge in [0.1, 0.15) is 16.4 Å². The Morgan fingerprint density at radius 3 is 2.38 bits per heavy atom. The zero-order chi connectivity index (χ0) is 18.8. The van der Waals surface area contributed by atoms with Gasteiger partial charge in [-0.3, -0.25) is 4.79 Å². The van der Waals surface area contributed by atoms with E-state index in [1.807, 2.05) is 57.2 Å². The van der Waals surface area contributed by atoms with Crippen LogP contribution >= 0.6 is 11.3 Å². The van der Waals surface area contributed by atoms with Gasteiger partial charge in [0, 0.05) is 11.3 Å². The van der Waals surface area contributed by atoms with Gasteiger partial charge < -0.3 is 15.8 Å². The molecule has 0 spiro atoms. The number of nitrogens with one attached hydrogen (secondary N) is 1. The van der Waals surface area contributed by atoms with Crippen molar-refractivity contribution < 1.29 is 9.53 Å². The number of hydrogen-bond donors (Lipinski definition) is 2. The number of benzene rings is 2. The smallest absolute Gasteiger partial charge is 0.207 e. The molecule has 0 unspecified atom stereocenters. The standard InChI is InChI=1S/C20H21N3O2S/c1-11-9-13(3)16(10-12(11)2)17(24)18-19(21)23-20(26-18)22-14-5-7-15(25-4)8-6-14/h5-10H,21H2,1-4H3,(H,22,23). The summed E-state index contributed by atoms with van der Waals surface area (Å²) >= 11 is 1.26. The second-order valence-electron chi connectivity index (χ2n) is 6.17. The molecular weight excluding hydrogens is 346 g/mol. The number of hydrogen-bond acceptors (Lipinski definition) is 6. The number of ether oxygens (including phenoxy) is 1. The summed E-state index contributed by atoms with van der Waals surface area (Å²) < 4.78 is 5.15. The van der Waals surface area contributed by atoms with Crippen molar-refractivity contribution in [1.29, 1.82) is 0 Å². The minimum atomic E-state index is -0.0941. The molecule has 2 aromatic carbocycles. The molecule has 0 aliphatic carbocycles. The van der Waals surface area contributed by atoms with Crippen LogP contribution in [-0.4, -0.2) is 17.9 Å². The number of carbonyl (C=O) groups is 1. The van der Waals surface area contributed by atoms with Crippen molar-refractivity contribution in [2.45, 2.75) is 20.8 Å². The normalized spacial score (nSPS) is 10.6. The van der Waals surface area contributed by atoms with Gasteiger partial charge in [0.25, 0.3) is 0 Å². The number of thiazole rings is 1. The van der Waals surface area contributed by atoms with Crippen LogP contribution in [0, 0.1) is 20.8 Å². The molecule has 0 saturated heterocycles. The fourth-order valence-corrected chi connectivity index (χ4v) is 3.53. The Kier molecular flexibility index (Phi) is 4.95. The van der Waals surface area contributed by atoms with Gasteiger partial charge in [-0.25, -0.2) is 4.98 Å². The van der Waals surface area contributed by atoms with E-state index in [0.29, 0.717) is 15.6 Å². The number of methoxy groups -OCH3 is 1. The summed E-state index contributed by atoms with van der Waals surface area (Å²) in [6, 6.07) is 11.4. The molecular formula is C20H21N3O2S. The van der Waals surface area contributed by atoms with Gasteiger partial charge in [0.15, 0.2) is 5.13 Å². The van der Waals surface area contributed by atoms with Crippen molar-refractivity contribution in [1.82, 2.24) is 4.98 Å². The molecule has 0 bridgehead atoms. The Hall–Kier alpha value is -2.86. The van der Waals surface area contributed by atoms with Crippen LogP contribution in [-0.2, 0) is 0 Å². The van der Waals surface area contributed by atoms with E-state index in [0.717, 1.165) is 28.1 Å². The minimum absolute atomic E-state index is 0.0941. The predicted octanol–water partition coefficient (Wildman–Crippen LogP) is 4.63. The van der Waals surface area contributed by atoms with Crippen molar-refractivity contribution in [2.75, 3.05) is 18.2 Å². The summed E-state index contributed by atoms with van der Waals surface area (Å²) in [5.41, 5.74) is 10.7. The zero-order valence-corrected chi connectivity index (χ0v) is 16.0. The molecule has 0 aliphatic heterocycles. The number of aromatic nitrogens is 1. The molecule has 0 radical (unpaired) electrons. The highest BCUT2D eigenvalue weighted by atomic mass is 32.1. The van der Waals surface area contributed by atoms with Crippen LogP contribution in [0.15, 0.2) is 36.4 Å². The van der Waals surface area contributed by atoms with Gasteiger partial charge in [-0.2, -0.15) is 0 Å². The number of rotatable bonds is 5.